The molecule has 1 amide bonds. The van der Waals surface area contributed by atoms with Crippen LogP contribution >= 0.6 is 0 Å². The molecule has 15 heavy (non-hydrogen) atoms. The van der Waals surface area contributed by atoms with Gasteiger partial charge < -0.3 is 15.2 Å². The molecule has 0 saturated carbocycles. The third-order valence-electron chi connectivity index (χ3n) is 1.49. The van der Waals surface area contributed by atoms with Crippen LogP contribution in [0.25, 0.3) is 0 Å². The first-order valence-electron chi connectivity index (χ1n) is 5.18. The van der Waals surface area contributed by atoms with E-state index in [4.69, 9.17) is 9.84 Å². The number of amides is 1. The van der Waals surface area contributed by atoms with Crippen molar-refractivity contribution in [3.8, 4) is 0 Å². The lowest BCUT2D eigenvalue weighted by Crippen LogP contribution is -2.32. The zero-order valence-corrected chi connectivity index (χ0v) is 9.75. The molecular weight excluding hydrogens is 194 g/mol. The number of hydrogen-bond donors (Lipinski definition) is 2. The van der Waals surface area contributed by atoms with Crippen LogP contribution in [-0.4, -0.2) is 30.0 Å². The zero-order valence-electron chi connectivity index (χ0n) is 9.75. The van der Waals surface area contributed by atoms with Crippen LogP contribution in [-0.2, 0) is 4.74 Å². The van der Waals surface area contributed by atoms with Gasteiger partial charge in [-0.25, -0.2) is 4.79 Å². The van der Waals surface area contributed by atoms with Crippen LogP contribution in [0.4, 0.5) is 4.79 Å². The summed E-state index contributed by atoms with van der Waals surface area (Å²) in [5, 5.41) is 11.1. The van der Waals surface area contributed by atoms with Crippen molar-refractivity contribution in [2.75, 3.05) is 13.2 Å². The van der Waals surface area contributed by atoms with Crippen molar-refractivity contribution < 1.29 is 14.6 Å². The van der Waals surface area contributed by atoms with E-state index in [1.807, 2.05) is 26.8 Å². The monoisotopic (exact) mass is 215 g/mol. The summed E-state index contributed by atoms with van der Waals surface area (Å²) in [6.07, 6.45) is 4.88. The van der Waals surface area contributed by atoms with Crippen molar-refractivity contribution in [1.82, 2.24) is 5.32 Å². The molecule has 0 saturated heterocycles. The first-order chi connectivity index (χ1) is 6.95. The Hall–Kier alpha value is -1.03. The molecule has 4 nitrogen and oxygen atoms in total. The molecule has 0 atom stereocenters. The molecule has 0 spiro atoms. The smallest absolute Gasteiger partial charge is 0.407 e. The number of carbonyl (C=O) groups is 1. The van der Waals surface area contributed by atoms with Gasteiger partial charge in [-0.2, -0.15) is 0 Å². The lowest BCUT2D eigenvalue weighted by molar-refractivity contribution is 0.0527. The molecule has 0 aliphatic heterocycles. The van der Waals surface area contributed by atoms with Gasteiger partial charge in [0.1, 0.15) is 5.60 Å². The minimum Gasteiger partial charge on any atom is -0.444 e. The molecule has 4 heteroatoms. The number of ether oxygens (including phenoxy) is 1. The highest BCUT2D eigenvalue weighted by atomic mass is 16.6. The van der Waals surface area contributed by atoms with E-state index in [0.717, 1.165) is 12.8 Å². The Balaban J connectivity index is 3.44. The molecule has 0 aromatic carbocycles. The summed E-state index contributed by atoms with van der Waals surface area (Å²) in [5.41, 5.74) is -0.444. The SMILES string of the molecule is CC(C)(C)OC(=O)NCCCC=CCO. The highest BCUT2D eigenvalue weighted by molar-refractivity contribution is 5.67. The average Bonchev–Trinajstić information content (AvgIpc) is 2.08. The molecule has 0 aliphatic rings. The van der Waals surface area contributed by atoms with Gasteiger partial charge in [0, 0.05) is 6.54 Å². The fourth-order valence-corrected chi connectivity index (χ4v) is 0.917. The molecular formula is C11H21NO3. The van der Waals surface area contributed by atoms with Crippen LogP contribution in [0.15, 0.2) is 12.2 Å². The number of hydrogen-bond acceptors (Lipinski definition) is 3. The van der Waals surface area contributed by atoms with Gasteiger partial charge in [-0.15, -0.1) is 0 Å². The molecule has 0 fully saturated rings. The van der Waals surface area contributed by atoms with Gasteiger partial charge in [-0.1, -0.05) is 12.2 Å². The highest BCUT2D eigenvalue weighted by Crippen LogP contribution is 2.06. The first-order valence-corrected chi connectivity index (χ1v) is 5.18. The van der Waals surface area contributed by atoms with Crippen LogP contribution in [0.1, 0.15) is 33.6 Å². The summed E-state index contributed by atoms with van der Waals surface area (Å²) in [4.78, 5) is 11.2. The van der Waals surface area contributed by atoms with Crippen molar-refractivity contribution >= 4 is 6.09 Å². The van der Waals surface area contributed by atoms with Crippen molar-refractivity contribution in [3.05, 3.63) is 12.2 Å². The minimum atomic E-state index is -0.444. The molecule has 0 bridgehead atoms. The number of aliphatic hydroxyl groups excluding tert-OH is 1. The van der Waals surface area contributed by atoms with E-state index in [2.05, 4.69) is 5.32 Å². The molecule has 0 aromatic heterocycles. The Morgan fingerprint density at radius 3 is 2.60 bits per heavy atom. The van der Waals surface area contributed by atoms with Crippen LogP contribution in [0.2, 0.25) is 0 Å². The molecule has 88 valence electrons. The molecule has 0 aliphatic carbocycles. The molecule has 0 aromatic rings. The maximum atomic E-state index is 11.2. The minimum absolute atomic E-state index is 0.0689. The molecule has 0 radical (unpaired) electrons. The molecule has 0 unspecified atom stereocenters. The maximum Gasteiger partial charge on any atom is 0.407 e. The second kappa shape index (κ2) is 7.29. The Labute approximate surface area is 91.3 Å². The Morgan fingerprint density at radius 2 is 2.07 bits per heavy atom. The van der Waals surface area contributed by atoms with E-state index in [0.29, 0.717) is 6.54 Å². The second-order valence-corrected chi connectivity index (χ2v) is 4.22. The zero-order chi connectivity index (χ0) is 11.7. The lowest BCUT2D eigenvalue weighted by Gasteiger charge is -2.19. The number of nitrogens with one attached hydrogen (secondary N) is 1. The van der Waals surface area contributed by atoms with Gasteiger partial charge in [-0.3, -0.25) is 0 Å². The summed E-state index contributed by atoms with van der Waals surface area (Å²) in [5.74, 6) is 0. The fraction of sp³-hybridized carbons (Fsp3) is 0.727. The van der Waals surface area contributed by atoms with Crippen LogP contribution in [0.5, 0.6) is 0 Å². The first kappa shape index (κ1) is 14.0. The van der Waals surface area contributed by atoms with Gasteiger partial charge in [0.15, 0.2) is 0 Å². The number of alkyl carbamates (subject to hydrolysis) is 1. The number of unbranched alkanes of at least 4 members (excludes halogenated alkanes) is 1. The van der Waals surface area contributed by atoms with Crippen molar-refractivity contribution in [2.45, 2.75) is 39.2 Å². The average molecular weight is 215 g/mol. The van der Waals surface area contributed by atoms with Crippen LogP contribution in [0.3, 0.4) is 0 Å². The Morgan fingerprint density at radius 1 is 1.40 bits per heavy atom. The Kier molecular flexibility index (Phi) is 6.79. The van der Waals surface area contributed by atoms with Crippen LogP contribution in [0, 0.1) is 0 Å². The second-order valence-electron chi connectivity index (χ2n) is 4.22. The van der Waals surface area contributed by atoms with Gasteiger partial charge in [-0.05, 0) is 33.6 Å². The van der Waals surface area contributed by atoms with E-state index < -0.39 is 5.60 Å². The third-order valence-corrected chi connectivity index (χ3v) is 1.49. The number of carbonyl (C=O) groups excluding carboxylic acids is 1. The third kappa shape index (κ3) is 10.9. The molecule has 0 heterocycles. The highest BCUT2D eigenvalue weighted by Gasteiger charge is 2.15. The van der Waals surface area contributed by atoms with Gasteiger partial charge in [0.2, 0.25) is 0 Å². The fourth-order valence-electron chi connectivity index (χ4n) is 0.917. The number of rotatable bonds is 5. The van der Waals surface area contributed by atoms with Crippen molar-refractivity contribution in [3.63, 3.8) is 0 Å². The molecule has 0 rings (SSSR count). The summed E-state index contributed by atoms with van der Waals surface area (Å²) < 4.78 is 5.06. The van der Waals surface area contributed by atoms with Crippen molar-refractivity contribution in [1.29, 1.82) is 0 Å². The van der Waals surface area contributed by atoms with Gasteiger partial charge in [0.25, 0.3) is 0 Å². The quantitative estimate of drug-likeness (QED) is 0.543. The van der Waals surface area contributed by atoms with Gasteiger partial charge >= 0.3 is 6.09 Å². The maximum absolute atomic E-state index is 11.2. The number of aliphatic hydroxyl groups is 1. The summed E-state index contributed by atoms with van der Waals surface area (Å²) in [7, 11) is 0. The standard InChI is InChI=1S/C11H21NO3/c1-11(2,3)15-10(14)12-8-6-4-5-7-9-13/h5,7,13H,4,6,8-9H2,1-3H3,(H,12,14). The van der Waals surface area contributed by atoms with Crippen molar-refractivity contribution in [2.24, 2.45) is 0 Å². The Bertz CT molecular complexity index is 206. The predicted octanol–water partition coefficient (Wildman–Crippen LogP) is 1.84. The number of allylic oxidation sites excluding steroid dienone is 1. The predicted molar refractivity (Wildman–Crippen MR) is 59.7 cm³/mol. The summed E-state index contributed by atoms with van der Waals surface area (Å²) in [6, 6.07) is 0. The largest absolute Gasteiger partial charge is 0.444 e. The summed E-state index contributed by atoms with van der Waals surface area (Å²) >= 11 is 0. The normalized spacial score (nSPS) is 11.7. The van der Waals surface area contributed by atoms with E-state index in [1.54, 1.807) is 6.08 Å². The topological polar surface area (TPSA) is 58.6 Å². The van der Waals surface area contributed by atoms with Gasteiger partial charge in [0.05, 0.1) is 6.61 Å². The van der Waals surface area contributed by atoms with E-state index >= 15 is 0 Å². The lowest BCUT2D eigenvalue weighted by atomic mass is 10.2. The van der Waals surface area contributed by atoms with E-state index in [-0.39, 0.29) is 12.7 Å². The van der Waals surface area contributed by atoms with E-state index in [9.17, 15) is 4.79 Å². The van der Waals surface area contributed by atoms with Crippen LogP contribution < -0.4 is 5.32 Å². The van der Waals surface area contributed by atoms with E-state index in [1.165, 1.54) is 0 Å². The summed E-state index contributed by atoms with van der Waals surface area (Å²) in [6.45, 7) is 6.15. The molecule has 2 N–H and O–H groups in total.